The van der Waals surface area contributed by atoms with Gasteiger partial charge in [-0.05, 0) is 19.1 Å². The molecule has 0 amide bonds. The Morgan fingerprint density at radius 1 is 1.38 bits per heavy atom. The van der Waals surface area contributed by atoms with E-state index in [4.69, 9.17) is 4.52 Å². The van der Waals surface area contributed by atoms with Gasteiger partial charge in [0, 0.05) is 28.2 Å². The summed E-state index contributed by atoms with van der Waals surface area (Å²) >= 11 is 2.02. The molecule has 0 saturated carbocycles. The molecule has 0 aliphatic rings. The fraction of sp³-hybridized carbons (Fsp3) is 0.111. The van der Waals surface area contributed by atoms with Gasteiger partial charge < -0.3 is 4.52 Å². The number of aryl methyl sites for hydroxylation is 1. The van der Waals surface area contributed by atoms with E-state index in [1.165, 1.54) is 5.56 Å². The van der Waals surface area contributed by atoms with Crippen LogP contribution in [0.3, 0.4) is 0 Å². The number of benzene rings is 1. The van der Waals surface area contributed by atoms with Crippen molar-refractivity contribution in [2.45, 2.75) is 6.92 Å². The largest absolute Gasteiger partial charge is 0.333 e. The maximum Gasteiger partial charge on any atom is 0.258 e. The molecule has 0 aliphatic heterocycles. The van der Waals surface area contributed by atoms with E-state index < -0.39 is 0 Å². The molecule has 0 saturated heterocycles. The summed E-state index contributed by atoms with van der Waals surface area (Å²) in [5.74, 6) is 0.577. The molecule has 0 spiro atoms. The molecule has 3 nitrogen and oxygen atoms in total. The maximum atomic E-state index is 5.04. The summed E-state index contributed by atoms with van der Waals surface area (Å²) in [5, 5.41) is 3.72. The van der Waals surface area contributed by atoms with Crippen LogP contribution in [0.5, 0.6) is 0 Å². The first-order valence-corrected chi connectivity index (χ1v) is 4.90. The van der Waals surface area contributed by atoms with Crippen molar-refractivity contribution < 1.29 is 4.52 Å². The molecule has 1 aromatic carbocycles. The van der Waals surface area contributed by atoms with Crippen molar-refractivity contribution in [1.82, 2.24) is 10.1 Å². The quantitative estimate of drug-likeness (QED) is 0.756. The molecule has 0 N–H and O–H groups in total. The lowest BCUT2D eigenvalue weighted by Crippen LogP contribution is -1.78. The Kier molecular flexibility index (Phi) is 2.30. The van der Waals surface area contributed by atoms with Crippen molar-refractivity contribution in [3.63, 3.8) is 0 Å². The Bertz CT molecular complexity index is 425. The van der Waals surface area contributed by atoms with E-state index in [0.29, 0.717) is 9.72 Å². The zero-order valence-corrected chi connectivity index (χ0v) is 9.15. The molecule has 4 heteroatoms. The highest BCUT2D eigenvalue weighted by molar-refractivity contribution is 14.1. The van der Waals surface area contributed by atoms with E-state index in [2.05, 4.69) is 10.1 Å². The van der Waals surface area contributed by atoms with Crippen LogP contribution in [-0.4, -0.2) is 10.1 Å². The topological polar surface area (TPSA) is 38.9 Å². The van der Waals surface area contributed by atoms with Crippen LogP contribution in [0.25, 0.3) is 11.5 Å². The highest BCUT2D eigenvalue weighted by atomic mass is 127. The minimum absolute atomic E-state index is 0.577. The molecule has 0 radical (unpaired) electrons. The van der Waals surface area contributed by atoms with Gasteiger partial charge in [0.15, 0.2) is 0 Å². The molecule has 13 heavy (non-hydrogen) atoms. The van der Waals surface area contributed by atoms with Crippen LogP contribution < -0.4 is 0 Å². The first-order valence-electron chi connectivity index (χ1n) is 3.82. The molecule has 0 unspecified atom stereocenters. The third kappa shape index (κ3) is 1.88. The Balaban J connectivity index is 2.46. The highest BCUT2D eigenvalue weighted by Crippen LogP contribution is 2.18. The zero-order valence-electron chi connectivity index (χ0n) is 6.99. The van der Waals surface area contributed by atoms with Gasteiger partial charge in [0.1, 0.15) is 0 Å². The van der Waals surface area contributed by atoms with Crippen molar-refractivity contribution in [2.75, 3.05) is 0 Å². The van der Waals surface area contributed by atoms with Gasteiger partial charge >= 0.3 is 0 Å². The van der Waals surface area contributed by atoms with Crippen LogP contribution in [-0.2, 0) is 0 Å². The Labute approximate surface area is 89.3 Å². The molecular weight excluding hydrogens is 279 g/mol. The standard InChI is InChI=1S/C9H7IN2O/c1-6-3-2-4-7(5-6)8-11-9(10)12-13-8/h2-5H,1H3. The minimum atomic E-state index is 0.577. The Morgan fingerprint density at radius 3 is 2.85 bits per heavy atom. The summed E-state index contributed by atoms with van der Waals surface area (Å²) in [6.45, 7) is 2.03. The van der Waals surface area contributed by atoms with Crippen LogP contribution in [0.1, 0.15) is 5.56 Å². The van der Waals surface area contributed by atoms with E-state index >= 15 is 0 Å². The van der Waals surface area contributed by atoms with Crippen molar-refractivity contribution >= 4 is 22.6 Å². The number of nitrogens with zero attached hydrogens (tertiary/aromatic N) is 2. The van der Waals surface area contributed by atoms with Gasteiger partial charge in [-0.15, -0.1) is 0 Å². The Morgan fingerprint density at radius 2 is 2.23 bits per heavy atom. The van der Waals surface area contributed by atoms with Crippen LogP contribution >= 0.6 is 22.6 Å². The lowest BCUT2D eigenvalue weighted by atomic mass is 10.1. The minimum Gasteiger partial charge on any atom is -0.333 e. The van der Waals surface area contributed by atoms with E-state index in [9.17, 15) is 0 Å². The first kappa shape index (κ1) is 8.68. The fourth-order valence-electron chi connectivity index (χ4n) is 1.10. The molecule has 0 aliphatic carbocycles. The average molecular weight is 286 g/mol. The molecule has 66 valence electrons. The zero-order chi connectivity index (χ0) is 9.26. The predicted molar refractivity (Wildman–Crippen MR) is 57.2 cm³/mol. The summed E-state index contributed by atoms with van der Waals surface area (Å²) in [6.07, 6.45) is 0. The summed E-state index contributed by atoms with van der Waals surface area (Å²) in [4.78, 5) is 4.13. The number of rotatable bonds is 1. The van der Waals surface area contributed by atoms with E-state index in [0.717, 1.165) is 5.56 Å². The van der Waals surface area contributed by atoms with Gasteiger partial charge in [-0.3, -0.25) is 0 Å². The van der Waals surface area contributed by atoms with Gasteiger partial charge in [-0.2, -0.15) is 4.98 Å². The van der Waals surface area contributed by atoms with Crippen molar-refractivity contribution in [1.29, 1.82) is 0 Å². The second-order valence-corrected chi connectivity index (χ2v) is 3.70. The van der Waals surface area contributed by atoms with E-state index in [1.807, 2.05) is 53.8 Å². The number of halogens is 1. The van der Waals surface area contributed by atoms with Crippen molar-refractivity contribution in [3.05, 3.63) is 33.7 Å². The average Bonchev–Trinajstić information content (AvgIpc) is 2.52. The maximum absolute atomic E-state index is 5.04. The van der Waals surface area contributed by atoms with Gasteiger partial charge in [0.05, 0.1) is 0 Å². The predicted octanol–water partition coefficient (Wildman–Crippen LogP) is 2.65. The summed E-state index contributed by atoms with van der Waals surface area (Å²) in [5.41, 5.74) is 2.15. The molecule has 1 aromatic heterocycles. The number of hydrogen-bond acceptors (Lipinski definition) is 3. The molecule has 2 rings (SSSR count). The second kappa shape index (κ2) is 3.45. The highest BCUT2D eigenvalue weighted by Gasteiger charge is 2.05. The smallest absolute Gasteiger partial charge is 0.258 e. The van der Waals surface area contributed by atoms with Crippen LogP contribution in [0, 0.1) is 10.8 Å². The van der Waals surface area contributed by atoms with E-state index in [1.54, 1.807) is 0 Å². The third-order valence-electron chi connectivity index (χ3n) is 1.67. The number of hydrogen-bond donors (Lipinski definition) is 0. The first-order chi connectivity index (χ1) is 6.25. The number of aromatic nitrogens is 2. The summed E-state index contributed by atoms with van der Waals surface area (Å²) in [6, 6.07) is 7.98. The normalized spacial score (nSPS) is 10.3. The third-order valence-corrected chi connectivity index (χ3v) is 2.10. The monoisotopic (exact) mass is 286 g/mol. The molecule has 0 atom stereocenters. The molecule has 2 aromatic rings. The lowest BCUT2D eigenvalue weighted by Gasteiger charge is -1.94. The van der Waals surface area contributed by atoms with Gasteiger partial charge in [-0.25, -0.2) is 0 Å². The van der Waals surface area contributed by atoms with Gasteiger partial charge in [0.2, 0.25) is 3.83 Å². The molecule has 1 heterocycles. The lowest BCUT2D eigenvalue weighted by molar-refractivity contribution is 0.426. The molecule has 0 bridgehead atoms. The van der Waals surface area contributed by atoms with Crippen LogP contribution in [0.4, 0.5) is 0 Å². The summed E-state index contributed by atoms with van der Waals surface area (Å²) < 4.78 is 5.67. The fourth-order valence-corrected chi connectivity index (χ4v) is 1.42. The van der Waals surface area contributed by atoms with Gasteiger partial charge in [-0.1, -0.05) is 22.9 Å². The molecular formula is C9H7IN2O. The van der Waals surface area contributed by atoms with Crippen molar-refractivity contribution in [2.24, 2.45) is 0 Å². The Hall–Kier alpha value is -0.910. The van der Waals surface area contributed by atoms with Crippen LogP contribution in [0.2, 0.25) is 0 Å². The second-order valence-electron chi connectivity index (χ2n) is 2.74. The van der Waals surface area contributed by atoms with Crippen LogP contribution in [0.15, 0.2) is 28.8 Å². The molecule has 0 fully saturated rings. The SMILES string of the molecule is Cc1cccc(-c2nc(I)no2)c1. The summed E-state index contributed by atoms with van der Waals surface area (Å²) in [7, 11) is 0. The van der Waals surface area contributed by atoms with E-state index in [-0.39, 0.29) is 0 Å². The van der Waals surface area contributed by atoms with Gasteiger partial charge in [0.25, 0.3) is 5.89 Å². The van der Waals surface area contributed by atoms with Crippen molar-refractivity contribution in [3.8, 4) is 11.5 Å².